The van der Waals surface area contributed by atoms with Crippen molar-refractivity contribution in [2.45, 2.75) is 12.8 Å². The molecule has 2 N–H and O–H groups in total. The fourth-order valence-corrected chi connectivity index (χ4v) is 2.22. The zero-order chi connectivity index (χ0) is 11.4. The maximum absolute atomic E-state index is 5.58. The van der Waals surface area contributed by atoms with Gasteiger partial charge >= 0.3 is 0 Å². The van der Waals surface area contributed by atoms with Crippen LogP contribution in [0.2, 0.25) is 0 Å². The molecule has 1 aromatic heterocycles. The molecule has 0 bridgehead atoms. The Balaban J connectivity index is 1.99. The van der Waals surface area contributed by atoms with Gasteiger partial charge in [-0.2, -0.15) is 0 Å². The van der Waals surface area contributed by atoms with Crippen molar-refractivity contribution >= 4 is 16.5 Å². The van der Waals surface area contributed by atoms with Gasteiger partial charge in [-0.15, -0.1) is 11.3 Å². The Morgan fingerprint density at radius 1 is 1.38 bits per heavy atom. The quantitative estimate of drug-likeness (QED) is 0.884. The van der Waals surface area contributed by atoms with Gasteiger partial charge < -0.3 is 10.5 Å². The smallest absolute Gasteiger partial charge is 0.180 e. The first-order valence-electron chi connectivity index (χ1n) is 5.11. The number of nitrogens with zero attached hydrogens (tertiary/aromatic N) is 1. The van der Waals surface area contributed by atoms with E-state index < -0.39 is 0 Å². The Hall–Kier alpha value is -1.55. The molecule has 2 rings (SSSR count). The molecule has 0 fully saturated rings. The van der Waals surface area contributed by atoms with Crippen molar-refractivity contribution in [3.05, 3.63) is 40.9 Å². The minimum atomic E-state index is 0.639. The summed E-state index contributed by atoms with van der Waals surface area (Å²) in [7, 11) is 1.68. The maximum atomic E-state index is 5.58. The Labute approximate surface area is 98.9 Å². The molecule has 1 heterocycles. The fraction of sp³-hybridized carbons (Fsp3) is 0.250. The number of hydrogen-bond donors (Lipinski definition) is 1. The van der Waals surface area contributed by atoms with Crippen molar-refractivity contribution < 1.29 is 4.74 Å². The number of benzene rings is 1. The van der Waals surface area contributed by atoms with E-state index in [2.05, 4.69) is 17.1 Å². The monoisotopic (exact) mass is 234 g/mol. The fourth-order valence-electron chi connectivity index (χ4n) is 1.53. The second-order valence-electron chi connectivity index (χ2n) is 3.52. The van der Waals surface area contributed by atoms with E-state index in [-0.39, 0.29) is 0 Å². The average molecular weight is 234 g/mol. The third-order valence-electron chi connectivity index (χ3n) is 2.37. The number of hydrogen-bond acceptors (Lipinski definition) is 4. The Kier molecular flexibility index (Phi) is 3.41. The minimum absolute atomic E-state index is 0.639. The zero-order valence-electron chi connectivity index (χ0n) is 9.14. The first-order chi connectivity index (χ1) is 7.78. The molecule has 84 valence electrons. The van der Waals surface area contributed by atoms with Crippen LogP contribution in [0, 0.1) is 0 Å². The van der Waals surface area contributed by atoms with Crippen molar-refractivity contribution in [3.8, 4) is 5.75 Å². The highest BCUT2D eigenvalue weighted by molar-refractivity contribution is 7.15. The van der Waals surface area contributed by atoms with Crippen molar-refractivity contribution in [2.24, 2.45) is 0 Å². The summed E-state index contributed by atoms with van der Waals surface area (Å²) in [6, 6.07) is 8.13. The van der Waals surface area contributed by atoms with Crippen LogP contribution in [0.25, 0.3) is 0 Å². The molecular weight excluding hydrogens is 220 g/mol. The van der Waals surface area contributed by atoms with Crippen LogP contribution in [0.5, 0.6) is 5.75 Å². The SMILES string of the molecule is COc1cccc(CCc2cnc(N)s2)c1. The topological polar surface area (TPSA) is 48.1 Å². The lowest BCUT2D eigenvalue weighted by Gasteiger charge is -2.03. The highest BCUT2D eigenvalue weighted by atomic mass is 32.1. The van der Waals surface area contributed by atoms with Gasteiger partial charge in [0.15, 0.2) is 5.13 Å². The van der Waals surface area contributed by atoms with E-state index >= 15 is 0 Å². The highest BCUT2D eigenvalue weighted by Crippen LogP contribution is 2.18. The lowest BCUT2D eigenvalue weighted by atomic mass is 10.1. The molecule has 0 spiro atoms. The second kappa shape index (κ2) is 4.99. The first kappa shape index (κ1) is 11.0. The first-order valence-corrected chi connectivity index (χ1v) is 5.92. The molecule has 16 heavy (non-hydrogen) atoms. The molecule has 0 aliphatic carbocycles. The molecule has 0 aliphatic rings. The summed E-state index contributed by atoms with van der Waals surface area (Å²) in [4.78, 5) is 5.26. The van der Waals surface area contributed by atoms with Crippen LogP contribution in [0.4, 0.5) is 5.13 Å². The van der Waals surface area contributed by atoms with Gasteiger partial charge in [0.25, 0.3) is 0 Å². The van der Waals surface area contributed by atoms with Crippen LogP contribution >= 0.6 is 11.3 Å². The number of methoxy groups -OCH3 is 1. The van der Waals surface area contributed by atoms with E-state index in [1.807, 2.05) is 18.3 Å². The second-order valence-corrected chi connectivity index (χ2v) is 4.66. The van der Waals surface area contributed by atoms with E-state index in [9.17, 15) is 0 Å². The number of ether oxygens (including phenoxy) is 1. The van der Waals surface area contributed by atoms with Gasteiger partial charge in [0.1, 0.15) is 5.75 Å². The number of aromatic nitrogens is 1. The van der Waals surface area contributed by atoms with Crippen molar-refractivity contribution in [3.63, 3.8) is 0 Å². The Morgan fingerprint density at radius 3 is 2.94 bits per heavy atom. The largest absolute Gasteiger partial charge is 0.497 e. The average Bonchev–Trinajstić information content (AvgIpc) is 2.73. The van der Waals surface area contributed by atoms with Crippen LogP contribution in [-0.2, 0) is 12.8 Å². The number of rotatable bonds is 4. The van der Waals surface area contributed by atoms with Gasteiger partial charge in [-0.1, -0.05) is 12.1 Å². The van der Waals surface area contributed by atoms with E-state index in [1.54, 1.807) is 18.4 Å². The van der Waals surface area contributed by atoms with E-state index in [0.717, 1.165) is 18.6 Å². The molecule has 1 aromatic carbocycles. The van der Waals surface area contributed by atoms with Crippen LogP contribution < -0.4 is 10.5 Å². The number of nitrogens with two attached hydrogens (primary N) is 1. The Morgan fingerprint density at radius 2 is 2.25 bits per heavy atom. The highest BCUT2D eigenvalue weighted by Gasteiger charge is 2.00. The molecule has 3 nitrogen and oxygen atoms in total. The van der Waals surface area contributed by atoms with Crippen LogP contribution in [-0.4, -0.2) is 12.1 Å². The van der Waals surface area contributed by atoms with Crippen LogP contribution in [0.3, 0.4) is 0 Å². The number of anilines is 1. The third kappa shape index (κ3) is 2.73. The predicted octanol–water partition coefficient (Wildman–Crippen LogP) is 2.52. The zero-order valence-corrected chi connectivity index (χ0v) is 9.96. The molecule has 0 unspecified atom stereocenters. The minimum Gasteiger partial charge on any atom is -0.497 e. The molecule has 0 saturated heterocycles. The molecule has 0 saturated carbocycles. The molecular formula is C12H14N2OS. The summed E-state index contributed by atoms with van der Waals surface area (Å²) in [5.41, 5.74) is 6.85. The molecule has 0 amide bonds. The summed E-state index contributed by atoms with van der Waals surface area (Å²) in [5.74, 6) is 0.904. The summed E-state index contributed by atoms with van der Waals surface area (Å²) in [6.45, 7) is 0. The van der Waals surface area contributed by atoms with Gasteiger partial charge in [0, 0.05) is 11.1 Å². The van der Waals surface area contributed by atoms with E-state index in [0.29, 0.717) is 5.13 Å². The van der Waals surface area contributed by atoms with Gasteiger partial charge in [-0.25, -0.2) is 4.98 Å². The Bertz CT molecular complexity index is 468. The number of nitrogen functional groups attached to an aromatic ring is 1. The maximum Gasteiger partial charge on any atom is 0.180 e. The lowest BCUT2D eigenvalue weighted by molar-refractivity contribution is 0.414. The molecule has 0 atom stereocenters. The van der Waals surface area contributed by atoms with Crippen LogP contribution in [0.1, 0.15) is 10.4 Å². The summed E-state index contributed by atoms with van der Waals surface area (Å²) in [5, 5.41) is 0.639. The summed E-state index contributed by atoms with van der Waals surface area (Å²) < 4.78 is 5.18. The normalized spacial score (nSPS) is 10.3. The van der Waals surface area contributed by atoms with Gasteiger partial charge in [0.2, 0.25) is 0 Å². The lowest BCUT2D eigenvalue weighted by Crippen LogP contribution is -1.90. The third-order valence-corrected chi connectivity index (χ3v) is 3.25. The van der Waals surface area contributed by atoms with Crippen molar-refractivity contribution in [2.75, 3.05) is 12.8 Å². The van der Waals surface area contributed by atoms with E-state index in [1.165, 1.54) is 10.4 Å². The van der Waals surface area contributed by atoms with Gasteiger partial charge in [0.05, 0.1) is 7.11 Å². The molecule has 0 radical (unpaired) electrons. The van der Waals surface area contributed by atoms with E-state index in [4.69, 9.17) is 10.5 Å². The molecule has 0 aliphatic heterocycles. The standard InChI is InChI=1S/C12H14N2OS/c1-15-10-4-2-3-9(7-10)5-6-11-8-14-12(13)16-11/h2-4,7-8H,5-6H2,1H3,(H2,13,14). The predicted molar refractivity (Wildman–Crippen MR) is 66.9 cm³/mol. The molecule has 4 heteroatoms. The summed E-state index contributed by atoms with van der Waals surface area (Å²) in [6.07, 6.45) is 3.81. The van der Waals surface area contributed by atoms with Gasteiger partial charge in [-0.3, -0.25) is 0 Å². The number of thiazole rings is 1. The van der Waals surface area contributed by atoms with Crippen molar-refractivity contribution in [1.29, 1.82) is 0 Å². The summed E-state index contributed by atoms with van der Waals surface area (Å²) >= 11 is 1.55. The van der Waals surface area contributed by atoms with Crippen molar-refractivity contribution in [1.82, 2.24) is 4.98 Å². The van der Waals surface area contributed by atoms with Gasteiger partial charge in [-0.05, 0) is 30.5 Å². The number of aryl methyl sites for hydroxylation is 2. The molecule has 2 aromatic rings. The van der Waals surface area contributed by atoms with Crippen LogP contribution in [0.15, 0.2) is 30.5 Å².